The number of fused-ring (bicyclic) bond motifs is 1. The first-order valence-electron chi connectivity index (χ1n) is 2.87. The fourth-order valence-electron chi connectivity index (χ4n) is 1.53. The van der Waals surface area contributed by atoms with Crippen molar-refractivity contribution >= 4 is 12.4 Å². The van der Waals surface area contributed by atoms with Gasteiger partial charge in [-0.1, -0.05) is 0 Å². The Kier molecular flexibility index (Phi) is 1.48. The zero-order valence-corrected chi connectivity index (χ0v) is 5.53. The average molecular weight is 135 g/mol. The Morgan fingerprint density at radius 3 is 2.38 bits per heavy atom. The first kappa shape index (κ1) is 6.33. The molecule has 3 rings (SSSR count). The normalized spacial score (nSPS) is 49.9. The second-order valence-electron chi connectivity index (χ2n) is 2.53. The molecule has 0 saturated carbocycles. The van der Waals surface area contributed by atoms with Crippen LogP contribution < -0.4 is 5.73 Å². The Morgan fingerprint density at radius 2 is 2.25 bits per heavy atom. The molecule has 0 radical (unpaired) electrons. The monoisotopic (exact) mass is 134 g/mol. The van der Waals surface area contributed by atoms with Crippen molar-refractivity contribution in [3.63, 3.8) is 0 Å². The minimum Gasteiger partial charge on any atom is -0.315 e. The van der Waals surface area contributed by atoms with Crippen LogP contribution in [0.1, 0.15) is 6.42 Å². The molecule has 3 aliphatic rings. The smallest absolute Gasteiger partial charge is 0.0613 e. The molecule has 0 amide bonds. The van der Waals surface area contributed by atoms with Gasteiger partial charge in [0.1, 0.15) is 0 Å². The van der Waals surface area contributed by atoms with Crippen molar-refractivity contribution in [3.05, 3.63) is 0 Å². The predicted molar refractivity (Wildman–Crippen MR) is 34.9 cm³/mol. The predicted octanol–water partition coefficient (Wildman–Crippen LogP) is 0.0285. The van der Waals surface area contributed by atoms with Gasteiger partial charge in [-0.15, -0.1) is 12.4 Å². The molecule has 3 heterocycles. The number of hydrogen-bond acceptors (Lipinski definition) is 2. The van der Waals surface area contributed by atoms with Gasteiger partial charge >= 0.3 is 0 Å². The Labute approximate surface area is 55.4 Å². The van der Waals surface area contributed by atoms with E-state index in [2.05, 4.69) is 4.90 Å². The summed E-state index contributed by atoms with van der Waals surface area (Å²) in [6.07, 6.45) is 1.79. The lowest BCUT2D eigenvalue weighted by atomic mass is 10.0. The molecule has 0 aromatic rings. The molecule has 0 aliphatic carbocycles. The van der Waals surface area contributed by atoms with Gasteiger partial charge < -0.3 is 5.73 Å². The van der Waals surface area contributed by atoms with E-state index < -0.39 is 0 Å². The standard InChI is InChI=1S/C5H10N2.ClH/c6-5-4-1-2-7(5)3-4;/h4-5H,1-3,6H2;1H. The zero-order chi connectivity index (χ0) is 4.85. The van der Waals surface area contributed by atoms with Crippen molar-refractivity contribution in [2.24, 2.45) is 11.7 Å². The lowest BCUT2D eigenvalue weighted by Crippen LogP contribution is -2.53. The van der Waals surface area contributed by atoms with Crippen LogP contribution in [0, 0.1) is 5.92 Å². The summed E-state index contributed by atoms with van der Waals surface area (Å²) in [6, 6.07) is 0. The van der Waals surface area contributed by atoms with E-state index in [1.807, 2.05) is 0 Å². The molecule has 3 heteroatoms. The van der Waals surface area contributed by atoms with Crippen molar-refractivity contribution in [1.82, 2.24) is 4.90 Å². The van der Waals surface area contributed by atoms with Gasteiger partial charge in [0.2, 0.25) is 0 Å². The molecular weight excluding hydrogens is 124 g/mol. The van der Waals surface area contributed by atoms with Gasteiger partial charge in [-0.2, -0.15) is 0 Å². The van der Waals surface area contributed by atoms with Gasteiger partial charge in [0.25, 0.3) is 0 Å². The third-order valence-electron chi connectivity index (χ3n) is 2.16. The van der Waals surface area contributed by atoms with Crippen LogP contribution in [0.25, 0.3) is 0 Å². The number of nitrogens with zero attached hydrogens (tertiary/aromatic N) is 1. The van der Waals surface area contributed by atoms with Crippen molar-refractivity contribution < 1.29 is 0 Å². The molecule has 3 unspecified atom stereocenters. The molecule has 3 aliphatic heterocycles. The maximum absolute atomic E-state index is 5.65. The fraction of sp³-hybridized carbons (Fsp3) is 1.00. The van der Waals surface area contributed by atoms with Gasteiger partial charge in [-0.05, 0) is 6.42 Å². The summed E-state index contributed by atoms with van der Waals surface area (Å²) in [4.78, 5) is 2.32. The van der Waals surface area contributed by atoms with Crippen LogP contribution in [0.3, 0.4) is 0 Å². The molecule has 0 aromatic carbocycles. The molecule has 3 fully saturated rings. The molecule has 2 bridgehead atoms. The largest absolute Gasteiger partial charge is 0.315 e. The van der Waals surface area contributed by atoms with E-state index in [0.717, 1.165) is 5.92 Å². The van der Waals surface area contributed by atoms with Crippen molar-refractivity contribution in [2.75, 3.05) is 13.1 Å². The number of hydrogen-bond donors (Lipinski definition) is 1. The summed E-state index contributed by atoms with van der Waals surface area (Å²) >= 11 is 0. The number of halogens is 1. The van der Waals surface area contributed by atoms with Crippen molar-refractivity contribution in [2.45, 2.75) is 12.6 Å². The summed E-state index contributed by atoms with van der Waals surface area (Å²) < 4.78 is 0. The van der Waals surface area contributed by atoms with Gasteiger partial charge in [-0.3, -0.25) is 4.90 Å². The summed E-state index contributed by atoms with van der Waals surface area (Å²) in [5.41, 5.74) is 5.65. The van der Waals surface area contributed by atoms with E-state index in [4.69, 9.17) is 5.73 Å². The fourth-order valence-corrected chi connectivity index (χ4v) is 1.53. The molecule has 2 N–H and O–H groups in total. The lowest BCUT2D eigenvalue weighted by Gasteiger charge is -2.35. The topological polar surface area (TPSA) is 29.3 Å². The van der Waals surface area contributed by atoms with Crippen LogP contribution in [0.5, 0.6) is 0 Å². The summed E-state index contributed by atoms with van der Waals surface area (Å²) in [7, 11) is 0. The third kappa shape index (κ3) is 0.569. The molecule has 8 heavy (non-hydrogen) atoms. The van der Waals surface area contributed by atoms with Crippen LogP contribution in [0.15, 0.2) is 0 Å². The average Bonchev–Trinajstić information content (AvgIpc) is 2.18. The van der Waals surface area contributed by atoms with Gasteiger partial charge in [-0.25, -0.2) is 0 Å². The molecule has 0 aromatic heterocycles. The summed E-state index contributed by atoms with van der Waals surface area (Å²) in [5, 5.41) is 0. The van der Waals surface area contributed by atoms with Gasteiger partial charge in [0.05, 0.1) is 6.17 Å². The highest BCUT2D eigenvalue weighted by molar-refractivity contribution is 5.85. The SMILES string of the molecule is Cl.NC1C2CCN1C2. The van der Waals surface area contributed by atoms with Crippen molar-refractivity contribution in [1.29, 1.82) is 0 Å². The molecule has 48 valence electrons. The van der Waals surface area contributed by atoms with Crippen LogP contribution in [-0.2, 0) is 0 Å². The first-order chi connectivity index (χ1) is 3.38. The maximum atomic E-state index is 5.65. The van der Waals surface area contributed by atoms with Crippen LogP contribution in [0.4, 0.5) is 0 Å². The van der Waals surface area contributed by atoms with E-state index in [1.54, 1.807) is 0 Å². The van der Waals surface area contributed by atoms with Crippen LogP contribution >= 0.6 is 12.4 Å². The highest BCUT2D eigenvalue weighted by atomic mass is 35.5. The molecule has 3 saturated heterocycles. The Morgan fingerprint density at radius 1 is 1.50 bits per heavy atom. The number of nitrogens with two attached hydrogens (primary N) is 1. The molecular formula is C5H11ClN2. The highest BCUT2D eigenvalue weighted by Gasteiger charge is 2.41. The second-order valence-corrected chi connectivity index (χ2v) is 2.53. The maximum Gasteiger partial charge on any atom is 0.0613 e. The highest BCUT2D eigenvalue weighted by Crippen LogP contribution is 2.31. The lowest BCUT2D eigenvalue weighted by molar-refractivity contribution is 0.112. The van der Waals surface area contributed by atoms with Crippen LogP contribution in [-0.4, -0.2) is 24.2 Å². The van der Waals surface area contributed by atoms with E-state index >= 15 is 0 Å². The Bertz CT molecular complexity index is 82.4. The van der Waals surface area contributed by atoms with Crippen molar-refractivity contribution in [3.8, 4) is 0 Å². The van der Waals surface area contributed by atoms with Gasteiger partial charge in [0, 0.05) is 19.0 Å². The van der Waals surface area contributed by atoms with E-state index in [-0.39, 0.29) is 12.4 Å². The van der Waals surface area contributed by atoms with E-state index in [0.29, 0.717) is 6.17 Å². The van der Waals surface area contributed by atoms with Crippen LogP contribution in [0.2, 0.25) is 0 Å². The minimum absolute atomic E-state index is 0. The third-order valence-corrected chi connectivity index (χ3v) is 2.16. The van der Waals surface area contributed by atoms with E-state index in [1.165, 1.54) is 19.5 Å². The quantitative estimate of drug-likeness (QED) is 0.507. The summed E-state index contributed by atoms with van der Waals surface area (Å²) in [6.45, 7) is 2.53. The van der Waals surface area contributed by atoms with Gasteiger partial charge in [0.15, 0.2) is 0 Å². The summed E-state index contributed by atoms with van der Waals surface area (Å²) in [5.74, 6) is 0.861. The minimum atomic E-state index is 0. The molecule has 0 spiro atoms. The Hall–Kier alpha value is 0.210. The second kappa shape index (κ2) is 1.87. The Balaban J connectivity index is 0.000000320. The zero-order valence-electron chi connectivity index (χ0n) is 4.71. The molecule has 2 nitrogen and oxygen atoms in total. The molecule has 3 atom stereocenters. The first-order valence-corrected chi connectivity index (χ1v) is 2.87. The van der Waals surface area contributed by atoms with E-state index in [9.17, 15) is 0 Å². The number of rotatable bonds is 0.